The van der Waals surface area contributed by atoms with E-state index in [1.165, 1.54) is 16.3 Å². The zero-order valence-electron chi connectivity index (χ0n) is 30.4. The molecule has 0 aliphatic heterocycles. The summed E-state index contributed by atoms with van der Waals surface area (Å²) < 4.78 is 11.4. The molecule has 13 aromatic rings. The molecule has 13 rings (SSSR count). The normalized spacial score (nSPS) is 12.2. The monoisotopic (exact) mass is 727 g/mol. The van der Waals surface area contributed by atoms with Crippen LogP contribution in [0.4, 0.5) is 0 Å². The third kappa shape index (κ3) is 4.26. The van der Waals surface area contributed by atoms with Gasteiger partial charge in [0.15, 0.2) is 11.4 Å². The Morgan fingerprint density at radius 1 is 0.404 bits per heavy atom. The van der Waals surface area contributed by atoms with Crippen LogP contribution < -0.4 is 0 Å². The number of benzene rings is 8. The van der Waals surface area contributed by atoms with Gasteiger partial charge >= 0.3 is 0 Å². The summed E-state index contributed by atoms with van der Waals surface area (Å²) >= 11 is 0. The van der Waals surface area contributed by atoms with E-state index < -0.39 is 0 Å². The van der Waals surface area contributed by atoms with E-state index in [1.54, 1.807) is 0 Å². The van der Waals surface area contributed by atoms with Crippen molar-refractivity contribution in [1.82, 2.24) is 23.9 Å². The summed E-state index contributed by atoms with van der Waals surface area (Å²) in [5.41, 5.74) is 13.2. The van der Waals surface area contributed by atoms with E-state index in [0.717, 1.165) is 93.7 Å². The number of aromatic nitrogens is 5. The molecule has 0 aliphatic rings. The van der Waals surface area contributed by atoms with Crippen molar-refractivity contribution in [3.05, 3.63) is 176 Å². The van der Waals surface area contributed by atoms with Crippen molar-refractivity contribution in [2.24, 2.45) is 0 Å². The molecule has 6 nitrogen and oxygen atoms in total. The maximum Gasteiger partial charge on any atom is 0.227 e. The first-order valence-corrected chi connectivity index (χ1v) is 19.2. The van der Waals surface area contributed by atoms with Crippen LogP contribution in [0.1, 0.15) is 0 Å². The second kappa shape index (κ2) is 11.4. The second-order valence-electron chi connectivity index (χ2n) is 14.8. The summed E-state index contributed by atoms with van der Waals surface area (Å²) in [6, 6.07) is 61.7. The standard InChI is InChI=1S/C51H29N5O/c1-3-13-30(14-4-1)51-53-41-29-38-35-18-9-12-22-43(35)56-45-25-23-31(27-39(45)46(48(38)56)49(41)57-51)47-36-19-7-10-20-40(36)52-50(54-47)32-24-26-44-37(28-32)34-17-8-11-21-42(34)55(44)33-15-5-2-6-16-33/h1-29H. The lowest BCUT2D eigenvalue weighted by atomic mass is 10.0. The zero-order chi connectivity index (χ0) is 37.2. The Hall–Kier alpha value is -7.83. The molecule has 264 valence electrons. The van der Waals surface area contributed by atoms with Crippen LogP contribution in [-0.2, 0) is 0 Å². The van der Waals surface area contributed by atoms with Crippen molar-refractivity contribution < 1.29 is 4.42 Å². The number of oxazole rings is 1. The molecule has 0 fully saturated rings. The van der Waals surface area contributed by atoms with Gasteiger partial charge in [0.05, 0.1) is 44.2 Å². The minimum atomic E-state index is 0.616. The zero-order valence-corrected chi connectivity index (χ0v) is 30.4. The van der Waals surface area contributed by atoms with Gasteiger partial charge in [-0.2, -0.15) is 0 Å². The Kier molecular flexibility index (Phi) is 6.07. The maximum absolute atomic E-state index is 6.71. The van der Waals surface area contributed by atoms with E-state index in [4.69, 9.17) is 19.4 Å². The summed E-state index contributed by atoms with van der Waals surface area (Å²) in [5.74, 6) is 1.30. The van der Waals surface area contributed by atoms with E-state index in [2.05, 4.69) is 148 Å². The Bertz CT molecular complexity index is 3750. The van der Waals surface area contributed by atoms with Crippen LogP contribution in [0.3, 0.4) is 0 Å². The first-order valence-electron chi connectivity index (χ1n) is 19.2. The predicted octanol–water partition coefficient (Wildman–Crippen LogP) is 13.0. The highest BCUT2D eigenvalue weighted by Crippen LogP contribution is 2.45. The molecule has 0 saturated heterocycles. The number of fused-ring (bicyclic) bond motifs is 12. The summed E-state index contributed by atoms with van der Waals surface area (Å²) in [6.45, 7) is 0. The van der Waals surface area contributed by atoms with Gasteiger partial charge in [-0.25, -0.2) is 15.0 Å². The Labute approximate surface area is 324 Å². The molecule has 0 N–H and O–H groups in total. The van der Waals surface area contributed by atoms with E-state index >= 15 is 0 Å². The molecule has 57 heavy (non-hydrogen) atoms. The predicted molar refractivity (Wildman–Crippen MR) is 232 cm³/mol. The Balaban J connectivity index is 1.06. The van der Waals surface area contributed by atoms with Crippen molar-refractivity contribution >= 4 is 81.9 Å². The average molecular weight is 728 g/mol. The first kappa shape index (κ1) is 30.5. The average Bonchev–Trinajstić information content (AvgIpc) is 4.03. The van der Waals surface area contributed by atoms with Gasteiger partial charge in [-0.1, -0.05) is 97.1 Å². The molecule has 0 spiro atoms. The van der Waals surface area contributed by atoms with Gasteiger partial charge in [0, 0.05) is 54.7 Å². The smallest absolute Gasteiger partial charge is 0.227 e. The molecule has 0 bridgehead atoms. The van der Waals surface area contributed by atoms with Gasteiger partial charge < -0.3 is 13.4 Å². The van der Waals surface area contributed by atoms with E-state index in [-0.39, 0.29) is 0 Å². The van der Waals surface area contributed by atoms with E-state index in [1.807, 2.05) is 36.4 Å². The minimum Gasteiger partial charge on any atom is -0.435 e. The molecule has 0 saturated carbocycles. The first-order chi connectivity index (χ1) is 28.3. The van der Waals surface area contributed by atoms with Crippen molar-refractivity contribution in [1.29, 1.82) is 0 Å². The van der Waals surface area contributed by atoms with Crippen LogP contribution in [-0.4, -0.2) is 23.9 Å². The lowest BCUT2D eigenvalue weighted by molar-refractivity contribution is 0.623. The molecule has 0 radical (unpaired) electrons. The molecule has 5 aromatic heterocycles. The highest BCUT2D eigenvalue weighted by molar-refractivity contribution is 6.30. The summed E-state index contributed by atoms with van der Waals surface area (Å²) in [7, 11) is 0. The van der Waals surface area contributed by atoms with E-state index in [9.17, 15) is 0 Å². The van der Waals surface area contributed by atoms with Crippen LogP contribution in [0.5, 0.6) is 0 Å². The molecular formula is C51H29N5O. The Morgan fingerprint density at radius 3 is 1.88 bits per heavy atom. The van der Waals surface area contributed by atoms with Crippen LogP contribution >= 0.6 is 0 Å². The summed E-state index contributed by atoms with van der Waals surface area (Å²) in [4.78, 5) is 15.6. The summed E-state index contributed by atoms with van der Waals surface area (Å²) in [5, 5.41) is 7.87. The lowest BCUT2D eigenvalue weighted by Gasteiger charge is -2.11. The molecule has 5 heterocycles. The molecule has 0 aliphatic carbocycles. The van der Waals surface area contributed by atoms with E-state index in [0.29, 0.717) is 11.7 Å². The lowest BCUT2D eigenvalue weighted by Crippen LogP contribution is -1.96. The van der Waals surface area contributed by atoms with Gasteiger partial charge in [-0.15, -0.1) is 0 Å². The van der Waals surface area contributed by atoms with Crippen LogP contribution in [0.25, 0.3) is 122 Å². The van der Waals surface area contributed by atoms with Crippen LogP contribution in [0.15, 0.2) is 180 Å². The van der Waals surface area contributed by atoms with Crippen molar-refractivity contribution in [2.45, 2.75) is 0 Å². The SMILES string of the molecule is c1ccc(-c2nc3cc4c5ccccc5n5c6ccc(-c7nc(-c8ccc9c(c8)c8ccccc8n9-c8ccccc8)nc8ccccc78)cc6c(c3o2)c45)cc1. The minimum absolute atomic E-state index is 0.616. The van der Waals surface area contributed by atoms with Crippen LogP contribution in [0.2, 0.25) is 0 Å². The topological polar surface area (TPSA) is 61.2 Å². The fourth-order valence-electron chi connectivity index (χ4n) is 9.19. The third-order valence-corrected chi connectivity index (χ3v) is 11.7. The van der Waals surface area contributed by atoms with Crippen LogP contribution in [0, 0.1) is 0 Å². The number of hydrogen-bond acceptors (Lipinski definition) is 4. The Morgan fingerprint density at radius 2 is 1.04 bits per heavy atom. The second-order valence-corrected chi connectivity index (χ2v) is 14.8. The quantitative estimate of drug-likeness (QED) is 0.181. The fraction of sp³-hybridized carbons (Fsp3) is 0. The van der Waals surface area contributed by atoms with Crippen molar-refractivity contribution in [2.75, 3.05) is 0 Å². The van der Waals surface area contributed by atoms with Gasteiger partial charge in [0.1, 0.15) is 5.52 Å². The molecular weight excluding hydrogens is 699 g/mol. The largest absolute Gasteiger partial charge is 0.435 e. The maximum atomic E-state index is 6.71. The summed E-state index contributed by atoms with van der Waals surface area (Å²) in [6.07, 6.45) is 0. The molecule has 0 unspecified atom stereocenters. The number of hydrogen-bond donors (Lipinski definition) is 0. The van der Waals surface area contributed by atoms with Gasteiger partial charge in [0.25, 0.3) is 0 Å². The van der Waals surface area contributed by atoms with Gasteiger partial charge in [-0.05, 0) is 78.9 Å². The number of para-hydroxylation sites is 4. The molecule has 0 atom stereocenters. The van der Waals surface area contributed by atoms with Gasteiger partial charge in [-0.3, -0.25) is 0 Å². The van der Waals surface area contributed by atoms with Crippen molar-refractivity contribution in [3.8, 4) is 39.8 Å². The number of nitrogens with zero attached hydrogens (tertiary/aromatic N) is 5. The highest BCUT2D eigenvalue weighted by Gasteiger charge is 2.24. The molecule has 6 heteroatoms. The number of rotatable bonds is 4. The third-order valence-electron chi connectivity index (χ3n) is 11.7. The molecule has 0 amide bonds. The highest BCUT2D eigenvalue weighted by atomic mass is 16.3. The molecule has 8 aromatic carbocycles. The fourth-order valence-corrected chi connectivity index (χ4v) is 9.19. The van der Waals surface area contributed by atoms with Gasteiger partial charge in [0.2, 0.25) is 5.89 Å². The van der Waals surface area contributed by atoms with Crippen molar-refractivity contribution in [3.63, 3.8) is 0 Å².